The number of carbonyl (C=O) groups is 1. The zero-order chi connectivity index (χ0) is 25.2. The van der Waals surface area contributed by atoms with Crippen molar-refractivity contribution in [2.24, 2.45) is 5.92 Å². The maximum absolute atomic E-state index is 13.5. The second kappa shape index (κ2) is 10.9. The number of ether oxygens (including phenoxy) is 1. The molecule has 2 aromatic rings. The van der Waals surface area contributed by atoms with E-state index in [1.807, 2.05) is 17.2 Å². The van der Waals surface area contributed by atoms with E-state index >= 15 is 0 Å². The van der Waals surface area contributed by atoms with Gasteiger partial charge in [-0.1, -0.05) is 35.4 Å². The van der Waals surface area contributed by atoms with Crippen LogP contribution in [0, 0.1) is 5.92 Å². The molecule has 0 bridgehead atoms. The predicted molar refractivity (Wildman–Crippen MR) is 140 cm³/mol. The number of rotatable bonds is 5. The normalized spacial score (nSPS) is 21.9. The zero-order valence-electron chi connectivity index (χ0n) is 20.1. The quantitative estimate of drug-likeness (QED) is 0.508. The third kappa shape index (κ3) is 5.30. The number of aromatic nitrogens is 2. The number of hydrogen-bond donors (Lipinski definition) is 1. The Morgan fingerprint density at radius 1 is 1.25 bits per heavy atom. The van der Waals surface area contributed by atoms with E-state index in [1.54, 1.807) is 30.0 Å². The van der Waals surface area contributed by atoms with E-state index in [2.05, 4.69) is 11.5 Å². The van der Waals surface area contributed by atoms with Gasteiger partial charge in [0.1, 0.15) is 5.83 Å². The van der Waals surface area contributed by atoms with E-state index < -0.39 is 0 Å². The Bertz CT molecular complexity index is 1240. The Morgan fingerprint density at radius 3 is 2.75 bits per heavy atom. The highest BCUT2D eigenvalue weighted by Crippen LogP contribution is 2.38. The SMILES string of the molecule is COC1CCN(NC(=O)c2nn(-c3ccc(Cl)cc3Cl)c3c2CCC/C3=C\C2C=CC(F)=CC2)CC1. The number of amides is 1. The highest BCUT2D eigenvalue weighted by atomic mass is 35.5. The van der Waals surface area contributed by atoms with Gasteiger partial charge in [0.15, 0.2) is 5.69 Å². The van der Waals surface area contributed by atoms with Crippen molar-refractivity contribution in [1.29, 1.82) is 0 Å². The number of carbonyl (C=O) groups excluding carboxylic acids is 1. The van der Waals surface area contributed by atoms with Gasteiger partial charge in [-0.25, -0.2) is 14.1 Å². The number of hydrogen-bond acceptors (Lipinski definition) is 4. The Labute approximate surface area is 220 Å². The van der Waals surface area contributed by atoms with Crippen LogP contribution in [-0.2, 0) is 11.2 Å². The number of halogens is 3. The fraction of sp³-hybridized carbons (Fsp3) is 0.407. The topological polar surface area (TPSA) is 59.4 Å². The molecule has 2 heterocycles. The van der Waals surface area contributed by atoms with Crippen molar-refractivity contribution in [3.63, 3.8) is 0 Å². The fourth-order valence-corrected chi connectivity index (χ4v) is 5.64. The fourth-order valence-electron chi connectivity index (χ4n) is 5.16. The van der Waals surface area contributed by atoms with Crippen LogP contribution in [0.2, 0.25) is 10.0 Å². The molecule has 1 unspecified atom stereocenters. The lowest BCUT2D eigenvalue weighted by Gasteiger charge is -2.31. The van der Waals surface area contributed by atoms with Crippen molar-refractivity contribution in [3.8, 4) is 5.69 Å². The molecule has 190 valence electrons. The molecule has 6 nitrogen and oxygen atoms in total. The van der Waals surface area contributed by atoms with Crippen LogP contribution < -0.4 is 5.43 Å². The minimum absolute atomic E-state index is 0.0776. The van der Waals surface area contributed by atoms with Crippen LogP contribution in [0.1, 0.15) is 53.8 Å². The molecular weight excluding hydrogens is 502 g/mol. The van der Waals surface area contributed by atoms with Gasteiger partial charge in [0.05, 0.1) is 22.5 Å². The molecule has 3 aliphatic rings. The van der Waals surface area contributed by atoms with Crippen LogP contribution in [0.15, 0.2) is 48.3 Å². The van der Waals surface area contributed by atoms with Crippen molar-refractivity contribution in [2.45, 2.75) is 44.6 Å². The number of benzene rings is 1. The van der Waals surface area contributed by atoms with Crippen molar-refractivity contribution >= 4 is 34.7 Å². The van der Waals surface area contributed by atoms with Gasteiger partial charge in [0.25, 0.3) is 5.91 Å². The van der Waals surface area contributed by atoms with Gasteiger partial charge in [0.2, 0.25) is 0 Å². The smallest absolute Gasteiger partial charge is 0.286 e. The summed E-state index contributed by atoms with van der Waals surface area (Å²) in [7, 11) is 1.72. The molecule has 9 heteroatoms. The van der Waals surface area contributed by atoms with E-state index in [0.717, 1.165) is 62.0 Å². The minimum atomic E-state index is -0.227. The van der Waals surface area contributed by atoms with E-state index in [0.29, 0.717) is 27.8 Å². The van der Waals surface area contributed by atoms with Gasteiger partial charge in [-0.15, -0.1) is 0 Å². The minimum Gasteiger partial charge on any atom is -0.381 e. The molecule has 1 aliphatic heterocycles. The van der Waals surface area contributed by atoms with Crippen LogP contribution in [0.3, 0.4) is 0 Å². The Morgan fingerprint density at radius 2 is 2.06 bits per heavy atom. The van der Waals surface area contributed by atoms with Crippen molar-refractivity contribution in [2.75, 3.05) is 20.2 Å². The third-order valence-corrected chi connectivity index (χ3v) is 7.59. The van der Waals surface area contributed by atoms with Crippen molar-refractivity contribution < 1.29 is 13.9 Å². The lowest BCUT2D eigenvalue weighted by atomic mass is 9.87. The second-order valence-corrected chi connectivity index (χ2v) is 10.3. The van der Waals surface area contributed by atoms with E-state index in [1.165, 1.54) is 6.08 Å². The molecule has 1 N–H and O–H groups in total. The molecule has 1 saturated heterocycles. The summed E-state index contributed by atoms with van der Waals surface area (Å²) in [6.07, 6.45) is 12.2. The van der Waals surface area contributed by atoms with E-state index in [-0.39, 0.29) is 23.8 Å². The number of hydrazine groups is 1. The molecule has 0 radical (unpaired) electrons. The number of nitrogens with zero attached hydrogens (tertiary/aromatic N) is 3. The summed E-state index contributed by atoms with van der Waals surface area (Å²) in [5.74, 6) is -0.357. The average Bonchev–Trinajstić information content (AvgIpc) is 3.26. The molecule has 0 spiro atoms. The molecular formula is C27H29Cl2FN4O2. The maximum atomic E-state index is 13.5. The van der Waals surface area contributed by atoms with Gasteiger partial charge in [0, 0.05) is 30.8 Å². The number of fused-ring (bicyclic) bond motifs is 1. The molecule has 36 heavy (non-hydrogen) atoms. The number of nitrogens with one attached hydrogen (secondary N) is 1. The van der Waals surface area contributed by atoms with Gasteiger partial charge in [-0.3, -0.25) is 10.2 Å². The van der Waals surface area contributed by atoms with Crippen LogP contribution in [-0.4, -0.2) is 47.0 Å². The largest absolute Gasteiger partial charge is 0.381 e. The Kier molecular flexibility index (Phi) is 7.62. The average molecular weight is 531 g/mol. The Balaban J connectivity index is 1.52. The van der Waals surface area contributed by atoms with E-state index in [4.69, 9.17) is 33.0 Å². The second-order valence-electron chi connectivity index (χ2n) is 9.44. The first-order valence-corrected chi connectivity index (χ1v) is 13.1. The molecule has 1 fully saturated rings. The van der Waals surface area contributed by atoms with E-state index in [9.17, 15) is 9.18 Å². The standard InChI is InChI=1S/C27H29Cl2FN4O2/c1-36-21-11-13-33(14-12-21)32-27(35)25-22-4-2-3-18(15-17-5-8-20(30)9-6-17)26(22)34(31-25)24-10-7-19(28)16-23(24)29/h5,7-10,15-17,21H,2-4,6,11-14H2,1H3,(H,32,35)/b18-15+. The summed E-state index contributed by atoms with van der Waals surface area (Å²) in [4.78, 5) is 13.5. The molecule has 2 aliphatic carbocycles. The monoisotopic (exact) mass is 530 g/mol. The molecule has 0 saturated carbocycles. The summed E-state index contributed by atoms with van der Waals surface area (Å²) in [6, 6.07) is 5.26. The molecule has 1 amide bonds. The van der Waals surface area contributed by atoms with Crippen LogP contribution in [0.5, 0.6) is 0 Å². The maximum Gasteiger partial charge on any atom is 0.286 e. The Hall–Kier alpha value is -2.45. The van der Waals surface area contributed by atoms with Gasteiger partial charge >= 0.3 is 0 Å². The van der Waals surface area contributed by atoms with Crippen LogP contribution in [0.25, 0.3) is 11.3 Å². The molecule has 1 aromatic heterocycles. The van der Waals surface area contributed by atoms with Crippen LogP contribution >= 0.6 is 23.2 Å². The van der Waals surface area contributed by atoms with Gasteiger partial charge in [-0.2, -0.15) is 5.10 Å². The zero-order valence-corrected chi connectivity index (χ0v) is 21.7. The first kappa shape index (κ1) is 25.2. The summed E-state index contributed by atoms with van der Waals surface area (Å²) >= 11 is 12.7. The summed E-state index contributed by atoms with van der Waals surface area (Å²) in [6.45, 7) is 1.44. The number of allylic oxidation sites excluding steroid dienone is 6. The number of methoxy groups -OCH3 is 1. The highest BCUT2D eigenvalue weighted by Gasteiger charge is 2.31. The summed E-state index contributed by atoms with van der Waals surface area (Å²) in [5.41, 5.74) is 6.99. The number of piperidine rings is 1. The highest BCUT2D eigenvalue weighted by molar-refractivity contribution is 6.35. The lowest BCUT2D eigenvalue weighted by Crippen LogP contribution is -2.48. The molecule has 5 rings (SSSR count). The summed E-state index contributed by atoms with van der Waals surface area (Å²) < 4.78 is 20.7. The summed E-state index contributed by atoms with van der Waals surface area (Å²) in [5, 5.41) is 7.72. The van der Waals surface area contributed by atoms with Gasteiger partial charge < -0.3 is 4.74 Å². The third-order valence-electron chi connectivity index (χ3n) is 7.05. The molecule has 1 aromatic carbocycles. The first-order chi connectivity index (χ1) is 17.4. The van der Waals surface area contributed by atoms with Crippen molar-refractivity contribution in [1.82, 2.24) is 20.2 Å². The van der Waals surface area contributed by atoms with Crippen molar-refractivity contribution in [3.05, 3.63) is 75.3 Å². The predicted octanol–water partition coefficient (Wildman–Crippen LogP) is 6.08. The molecule has 1 atom stereocenters. The van der Waals surface area contributed by atoms with Crippen LogP contribution in [0.4, 0.5) is 4.39 Å². The first-order valence-electron chi connectivity index (χ1n) is 12.3. The lowest BCUT2D eigenvalue weighted by molar-refractivity contribution is 0.0226. The van der Waals surface area contributed by atoms with Gasteiger partial charge in [-0.05, 0) is 80.4 Å².